The highest BCUT2D eigenvalue weighted by Crippen LogP contribution is 2.24. The van der Waals surface area contributed by atoms with Gasteiger partial charge in [-0.1, -0.05) is 35.5 Å². The minimum Gasteiger partial charge on any atom is -0.439 e. The third-order valence-electron chi connectivity index (χ3n) is 4.99. The topological polar surface area (TPSA) is 108 Å². The summed E-state index contributed by atoms with van der Waals surface area (Å²) in [6, 6.07) is 21.7. The molecule has 3 heterocycles. The van der Waals surface area contributed by atoms with E-state index >= 15 is 0 Å². The molecule has 0 spiro atoms. The Hall–Kier alpha value is -4.79. The van der Waals surface area contributed by atoms with E-state index in [9.17, 15) is 4.79 Å². The van der Waals surface area contributed by atoms with Gasteiger partial charge in [0.15, 0.2) is 17.3 Å². The lowest BCUT2D eigenvalue weighted by Crippen LogP contribution is -2.11. The molecular weight excluding hydrogens is 432 g/mol. The first-order valence-electron chi connectivity index (χ1n) is 10.5. The summed E-state index contributed by atoms with van der Waals surface area (Å²) in [4.78, 5) is 21.0. The van der Waals surface area contributed by atoms with Gasteiger partial charge in [0, 0.05) is 29.1 Å². The number of hydrogen-bond acceptors (Lipinski definition) is 7. The van der Waals surface area contributed by atoms with Gasteiger partial charge in [-0.05, 0) is 44.2 Å². The van der Waals surface area contributed by atoms with Crippen molar-refractivity contribution in [3.05, 3.63) is 96.2 Å². The number of aromatic nitrogens is 5. The lowest BCUT2D eigenvalue weighted by molar-refractivity contribution is 0.101. The van der Waals surface area contributed by atoms with Crippen LogP contribution >= 0.6 is 0 Å². The van der Waals surface area contributed by atoms with Crippen LogP contribution in [0.1, 0.15) is 21.9 Å². The zero-order valence-electron chi connectivity index (χ0n) is 18.5. The molecule has 0 radical (unpaired) electrons. The van der Waals surface area contributed by atoms with Crippen LogP contribution in [0, 0.1) is 13.8 Å². The van der Waals surface area contributed by atoms with Crippen molar-refractivity contribution in [2.24, 2.45) is 0 Å². The Balaban J connectivity index is 1.25. The van der Waals surface area contributed by atoms with Gasteiger partial charge in [-0.2, -0.15) is 5.10 Å². The highest BCUT2D eigenvalue weighted by molar-refractivity contribution is 6.03. The fourth-order valence-corrected chi connectivity index (χ4v) is 3.41. The Morgan fingerprint density at radius 3 is 2.50 bits per heavy atom. The van der Waals surface area contributed by atoms with E-state index in [-0.39, 0.29) is 11.6 Å². The van der Waals surface area contributed by atoms with Crippen LogP contribution < -0.4 is 10.1 Å². The first kappa shape index (κ1) is 21.1. The molecule has 168 valence electrons. The molecule has 0 unspecified atom stereocenters. The second-order valence-corrected chi connectivity index (χ2v) is 7.58. The summed E-state index contributed by atoms with van der Waals surface area (Å²) < 4.78 is 12.9. The molecule has 9 nitrogen and oxygen atoms in total. The quantitative estimate of drug-likeness (QED) is 0.387. The van der Waals surface area contributed by atoms with E-state index in [0.717, 1.165) is 17.0 Å². The second-order valence-electron chi connectivity index (χ2n) is 7.58. The largest absolute Gasteiger partial charge is 0.439 e. The number of anilines is 1. The molecule has 1 N–H and O–H groups in total. The van der Waals surface area contributed by atoms with Crippen molar-refractivity contribution in [3.8, 4) is 28.8 Å². The molecule has 0 fully saturated rings. The number of nitrogens with zero attached hydrogens (tertiary/aromatic N) is 5. The lowest BCUT2D eigenvalue weighted by atomic mass is 10.1. The van der Waals surface area contributed by atoms with Crippen molar-refractivity contribution < 1.29 is 14.1 Å². The minimum atomic E-state index is -0.370. The van der Waals surface area contributed by atoms with Gasteiger partial charge < -0.3 is 14.6 Å². The van der Waals surface area contributed by atoms with E-state index in [1.165, 1.54) is 6.33 Å². The Morgan fingerprint density at radius 1 is 0.971 bits per heavy atom. The van der Waals surface area contributed by atoms with Crippen molar-refractivity contribution in [3.63, 3.8) is 0 Å². The Kier molecular flexibility index (Phi) is 5.57. The Bertz CT molecular complexity index is 1440. The number of carbonyl (C=O) groups excluding carboxylic acids is 1. The number of ether oxygens (including phenoxy) is 1. The molecule has 0 saturated heterocycles. The predicted molar refractivity (Wildman–Crippen MR) is 125 cm³/mol. The fourth-order valence-electron chi connectivity index (χ4n) is 3.41. The van der Waals surface area contributed by atoms with Crippen LogP contribution in [0.4, 0.5) is 5.69 Å². The lowest BCUT2D eigenvalue weighted by Gasteiger charge is -2.08. The Morgan fingerprint density at radius 2 is 1.76 bits per heavy atom. The monoisotopic (exact) mass is 452 g/mol. The van der Waals surface area contributed by atoms with Crippen LogP contribution in [0.25, 0.3) is 17.1 Å². The third-order valence-corrected chi connectivity index (χ3v) is 4.99. The SMILES string of the molecule is Cc1cc(C)n(-c2cc(Oc3ccc(NC(=O)c4cc(-c5ccccc5)on4)cc3)ncn2)n1. The standard InChI is InChI=1S/C25H20N6O3/c1-16-12-17(2)31(29-16)23-14-24(27-15-26-23)33-20-10-8-19(9-11-20)28-25(32)21-13-22(34-30-21)18-6-4-3-5-7-18/h3-15H,1-2H3,(H,28,32). The number of carbonyl (C=O) groups is 1. The molecule has 34 heavy (non-hydrogen) atoms. The van der Waals surface area contributed by atoms with Gasteiger partial charge in [-0.25, -0.2) is 14.6 Å². The van der Waals surface area contributed by atoms with E-state index in [2.05, 4.69) is 25.5 Å². The van der Waals surface area contributed by atoms with Crippen molar-refractivity contribution in [1.82, 2.24) is 24.9 Å². The van der Waals surface area contributed by atoms with Gasteiger partial charge in [0.2, 0.25) is 5.88 Å². The van der Waals surface area contributed by atoms with Crippen molar-refractivity contribution in [1.29, 1.82) is 0 Å². The van der Waals surface area contributed by atoms with Crippen LogP contribution in [-0.4, -0.2) is 30.8 Å². The summed E-state index contributed by atoms with van der Waals surface area (Å²) in [6.45, 7) is 3.88. The van der Waals surface area contributed by atoms with Gasteiger partial charge >= 0.3 is 0 Å². The van der Waals surface area contributed by atoms with Gasteiger partial charge in [0.05, 0.1) is 5.69 Å². The maximum Gasteiger partial charge on any atom is 0.277 e. The maximum absolute atomic E-state index is 12.5. The summed E-state index contributed by atoms with van der Waals surface area (Å²) in [5.41, 5.74) is 3.49. The molecule has 0 aliphatic carbocycles. The molecule has 0 aliphatic rings. The Labute approximate surface area is 195 Å². The molecule has 0 saturated carbocycles. The summed E-state index contributed by atoms with van der Waals surface area (Å²) in [5, 5.41) is 11.1. The number of aryl methyl sites for hydroxylation is 2. The summed E-state index contributed by atoms with van der Waals surface area (Å²) in [7, 11) is 0. The third kappa shape index (κ3) is 4.53. The normalized spacial score (nSPS) is 10.8. The molecule has 1 amide bonds. The number of nitrogens with one attached hydrogen (secondary N) is 1. The molecule has 9 heteroatoms. The average molecular weight is 452 g/mol. The maximum atomic E-state index is 12.5. The summed E-state index contributed by atoms with van der Waals surface area (Å²) >= 11 is 0. The zero-order chi connectivity index (χ0) is 23.5. The van der Waals surface area contributed by atoms with Gasteiger partial charge in [-0.3, -0.25) is 4.79 Å². The summed E-state index contributed by atoms with van der Waals surface area (Å²) in [6.07, 6.45) is 1.43. The molecule has 0 aliphatic heterocycles. The molecular formula is C25H20N6O3. The number of benzene rings is 2. The fraction of sp³-hybridized carbons (Fsp3) is 0.0800. The highest BCUT2D eigenvalue weighted by atomic mass is 16.5. The smallest absolute Gasteiger partial charge is 0.277 e. The first-order chi connectivity index (χ1) is 16.5. The molecule has 5 aromatic rings. The van der Waals surface area contributed by atoms with Crippen molar-refractivity contribution in [2.75, 3.05) is 5.32 Å². The minimum absolute atomic E-state index is 0.192. The van der Waals surface area contributed by atoms with Crippen LogP contribution in [0.15, 0.2) is 83.6 Å². The van der Waals surface area contributed by atoms with E-state index in [1.54, 1.807) is 41.1 Å². The number of rotatable bonds is 6. The average Bonchev–Trinajstić information content (AvgIpc) is 3.48. The van der Waals surface area contributed by atoms with Gasteiger partial charge in [0.25, 0.3) is 5.91 Å². The number of hydrogen-bond donors (Lipinski definition) is 1. The van der Waals surface area contributed by atoms with Crippen LogP contribution in [0.2, 0.25) is 0 Å². The molecule has 0 bridgehead atoms. The van der Waals surface area contributed by atoms with E-state index in [1.807, 2.05) is 50.2 Å². The molecule has 3 aromatic heterocycles. The van der Waals surface area contributed by atoms with Crippen molar-refractivity contribution in [2.45, 2.75) is 13.8 Å². The summed E-state index contributed by atoms with van der Waals surface area (Å²) in [5.74, 6) is 1.71. The van der Waals surface area contributed by atoms with Crippen LogP contribution in [0.5, 0.6) is 11.6 Å². The zero-order valence-corrected chi connectivity index (χ0v) is 18.5. The van der Waals surface area contributed by atoms with Crippen molar-refractivity contribution >= 4 is 11.6 Å². The van der Waals surface area contributed by atoms with E-state index in [4.69, 9.17) is 9.26 Å². The molecule has 5 rings (SSSR count). The second kappa shape index (κ2) is 8.99. The number of amides is 1. The van der Waals surface area contributed by atoms with Gasteiger partial charge in [-0.15, -0.1) is 0 Å². The predicted octanol–water partition coefficient (Wildman–Crippen LogP) is 4.98. The first-order valence-corrected chi connectivity index (χ1v) is 10.5. The van der Waals surface area contributed by atoms with Crippen LogP contribution in [0.3, 0.4) is 0 Å². The highest BCUT2D eigenvalue weighted by Gasteiger charge is 2.14. The van der Waals surface area contributed by atoms with E-state index in [0.29, 0.717) is 28.9 Å². The van der Waals surface area contributed by atoms with Gasteiger partial charge in [0.1, 0.15) is 12.1 Å². The van der Waals surface area contributed by atoms with E-state index < -0.39 is 0 Å². The molecule has 2 aromatic carbocycles. The molecule has 0 atom stereocenters. The van der Waals surface area contributed by atoms with Crippen LogP contribution in [-0.2, 0) is 0 Å².